The van der Waals surface area contributed by atoms with Crippen molar-refractivity contribution in [2.45, 2.75) is 0 Å². The zero-order valence-corrected chi connectivity index (χ0v) is 59.0. The molecule has 7 heterocycles. The predicted molar refractivity (Wildman–Crippen MR) is 449 cm³/mol. The number of benzene rings is 16. The van der Waals surface area contributed by atoms with Crippen LogP contribution in [0.4, 0.5) is 34.1 Å². The summed E-state index contributed by atoms with van der Waals surface area (Å²) in [6, 6.07) is 125. The van der Waals surface area contributed by atoms with Crippen LogP contribution in [-0.4, -0.2) is 19.1 Å². The molecule has 510 valence electrons. The Morgan fingerprint density at radius 3 is 1.52 bits per heavy atom. The van der Waals surface area contributed by atoms with Gasteiger partial charge in [-0.05, 0) is 162 Å². The Hall–Kier alpha value is -14.5. The van der Waals surface area contributed by atoms with E-state index in [0.29, 0.717) is 22.9 Å². The molecule has 7 aromatic heterocycles. The van der Waals surface area contributed by atoms with Crippen LogP contribution in [-0.2, 0) is 0 Å². The number of aromatic nitrogens is 4. The van der Waals surface area contributed by atoms with Gasteiger partial charge in [-0.3, -0.25) is 0 Å². The van der Waals surface area contributed by atoms with Gasteiger partial charge in [0, 0.05) is 126 Å². The molecule has 0 unspecified atom stereocenters. The lowest BCUT2D eigenvalue weighted by Gasteiger charge is -2.26. The van der Waals surface area contributed by atoms with E-state index in [-0.39, 0.29) is 0 Å². The van der Waals surface area contributed by atoms with Crippen molar-refractivity contribution in [3.63, 3.8) is 0 Å². The summed E-state index contributed by atoms with van der Waals surface area (Å²) in [5.74, 6) is 1.12. The van der Waals surface area contributed by atoms with Gasteiger partial charge in [0.1, 0.15) is 27.8 Å². The standard InChI is InChI=1S/C98H58N6O4S/c1-5-20-61(21-6-1)97-100-81-57-88-79(56-90(81)107-97)76-32-18-36-85(96(76)106-88)102(69-48-51-74-73-28-14-16-37-92(73)109-93(74)54-69)68-47-50-72-71-49-44-63(52-86(71)104(87(72)53-68)66-26-11-4-12-27-66)59-38-40-62(41-39-59)98-99-80-55-78-75-31-17-30-70(95(75)105-89(78)58-91(80)108-98)60-42-45-67(46-43-60)101(64-22-7-2-8-23-64)83-34-19-35-84-94(83)77-29-13-15-33-82(77)103(84)65-24-9-3-10-25-65/h1-58H. The minimum atomic E-state index is 0.539. The van der Waals surface area contributed by atoms with Crippen LogP contribution in [0.3, 0.4) is 0 Å². The quantitative estimate of drug-likeness (QED) is 0.119. The Kier molecular flexibility index (Phi) is 13.4. The minimum absolute atomic E-state index is 0.539. The number of nitrogens with zero attached hydrogens (tertiary/aromatic N) is 6. The van der Waals surface area contributed by atoms with Crippen LogP contribution in [0.5, 0.6) is 0 Å². The minimum Gasteiger partial charge on any atom is -0.455 e. The second kappa shape index (κ2) is 24.0. The molecule has 23 aromatic rings. The molecule has 0 radical (unpaired) electrons. The highest BCUT2D eigenvalue weighted by Crippen LogP contribution is 2.50. The number of fused-ring (bicyclic) bond motifs is 17. The fourth-order valence-corrected chi connectivity index (χ4v) is 17.9. The van der Waals surface area contributed by atoms with Crippen LogP contribution in [0.15, 0.2) is 370 Å². The lowest BCUT2D eigenvalue weighted by atomic mass is 10.0. The largest absolute Gasteiger partial charge is 0.455 e. The Labute approximate surface area is 626 Å². The van der Waals surface area contributed by atoms with E-state index in [9.17, 15) is 0 Å². The summed E-state index contributed by atoms with van der Waals surface area (Å²) in [6.07, 6.45) is 0. The fourth-order valence-electron chi connectivity index (χ4n) is 16.8. The van der Waals surface area contributed by atoms with Crippen molar-refractivity contribution in [3.8, 4) is 56.5 Å². The Morgan fingerprint density at radius 2 is 0.752 bits per heavy atom. The van der Waals surface area contributed by atoms with Gasteiger partial charge in [0.25, 0.3) is 0 Å². The van der Waals surface area contributed by atoms with E-state index in [1.807, 2.05) is 53.8 Å². The first-order chi connectivity index (χ1) is 54.0. The Balaban J connectivity index is 0.577. The van der Waals surface area contributed by atoms with E-state index in [4.69, 9.17) is 27.6 Å². The highest BCUT2D eigenvalue weighted by Gasteiger charge is 2.27. The number of hydrogen-bond acceptors (Lipinski definition) is 9. The van der Waals surface area contributed by atoms with Crippen molar-refractivity contribution in [2.24, 2.45) is 0 Å². The maximum absolute atomic E-state index is 7.04. The SMILES string of the molecule is c1ccc(-c2nc3cc4oc5c(N(c6ccc7c(c6)sc6ccccc67)c6ccc7c8ccc(-c9ccc(-c%10nc%11cc%12c(cc%11o%10)oc%10c(-c%11ccc(N(c%13ccccc%13)c%13cccc%14c%13c%13ccccc%13n%14-c%13ccccc%13)cc%11)cccc%10%12)cc9)cc8n(-c8ccccc8)c7c6)cccc5c4cc3o2)cc1. The third-order valence-corrected chi connectivity index (χ3v) is 22.9. The van der Waals surface area contributed by atoms with Crippen LogP contribution >= 0.6 is 11.3 Å². The van der Waals surface area contributed by atoms with Crippen molar-refractivity contribution in [3.05, 3.63) is 352 Å². The third-order valence-electron chi connectivity index (χ3n) is 21.7. The summed E-state index contributed by atoms with van der Waals surface area (Å²) in [5, 5.41) is 11.1. The number of rotatable bonds is 12. The molecule has 0 N–H and O–H groups in total. The maximum Gasteiger partial charge on any atom is 0.227 e. The van der Waals surface area contributed by atoms with Crippen molar-refractivity contribution in [2.75, 3.05) is 9.80 Å². The number of oxazole rings is 2. The first kappa shape index (κ1) is 60.9. The van der Waals surface area contributed by atoms with Crippen LogP contribution in [0, 0.1) is 0 Å². The van der Waals surface area contributed by atoms with Crippen LogP contribution in [0.25, 0.3) is 186 Å². The van der Waals surface area contributed by atoms with Gasteiger partial charge in [-0.15, -0.1) is 11.3 Å². The van der Waals surface area contributed by atoms with Crippen molar-refractivity contribution < 1.29 is 17.7 Å². The zero-order chi connectivity index (χ0) is 71.4. The molecule has 16 aromatic carbocycles. The first-order valence-corrected chi connectivity index (χ1v) is 37.4. The van der Waals surface area contributed by atoms with Gasteiger partial charge < -0.3 is 36.6 Å². The molecule has 23 rings (SSSR count). The molecule has 0 saturated carbocycles. The molecule has 0 aliphatic heterocycles. The van der Waals surface area contributed by atoms with Gasteiger partial charge in [0.2, 0.25) is 11.8 Å². The molecule has 0 amide bonds. The summed E-state index contributed by atoms with van der Waals surface area (Å²) in [7, 11) is 0. The van der Waals surface area contributed by atoms with Crippen molar-refractivity contribution >= 4 is 175 Å². The molecule has 0 spiro atoms. The lowest BCUT2D eigenvalue weighted by Crippen LogP contribution is -2.10. The first-order valence-electron chi connectivity index (χ1n) is 36.6. The van der Waals surface area contributed by atoms with Gasteiger partial charge >= 0.3 is 0 Å². The van der Waals surface area contributed by atoms with Gasteiger partial charge in [-0.2, -0.15) is 0 Å². The van der Waals surface area contributed by atoms with Crippen LogP contribution in [0.2, 0.25) is 0 Å². The predicted octanol–water partition coefficient (Wildman–Crippen LogP) is 27.9. The average molecular weight is 1420 g/mol. The zero-order valence-electron chi connectivity index (χ0n) is 58.2. The molecular weight excluding hydrogens is 1360 g/mol. The third kappa shape index (κ3) is 9.67. The van der Waals surface area contributed by atoms with E-state index in [2.05, 4.69) is 328 Å². The van der Waals surface area contributed by atoms with E-state index in [1.54, 1.807) is 0 Å². The highest BCUT2D eigenvalue weighted by molar-refractivity contribution is 7.25. The normalized spacial score (nSPS) is 12.0. The van der Waals surface area contributed by atoms with Crippen molar-refractivity contribution in [1.29, 1.82) is 0 Å². The summed E-state index contributed by atoms with van der Waals surface area (Å²) in [6.45, 7) is 0. The lowest BCUT2D eigenvalue weighted by molar-refractivity contribution is 0.617. The molecular formula is C98H58N6O4S. The second-order valence-electron chi connectivity index (χ2n) is 27.9. The van der Waals surface area contributed by atoms with Gasteiger partial charge in [0.15, 0.2) is 16.7 Å². The van der Waals surface area contributed by atoms with Crippen LogP contribution < -0.4 is 9.80 Å². The molecule has 0 atom stereocenters. The molecule has 0 aliphatic carbocycles. The number of para-hydroxylation sites is 6. The number of hydrogen-bond donors (Lipinski definition) is 0. The summed E-state index contributed by atoms with van der Waals surface area (Å²) < 4.78 is 34.2. The van der Waals surface area contributed by atoms with Gasteiger partial charge in [-0.25, -0.2) is 9.97 Å². The molecule has 0 saturated heterocycles. The molecule has 11 heteroatoms. The molecule has 0 aliphatic rings. The Morgan fingerprint density at radius 1 is 0.257 bits per heavy atom. The van der Waals surface area contributed by atoms with E-state index in [0.717, 1.165) is 167 Å². The summed E-state index contributed by atoms with van der Waals surface area (Å²) in [5.41, 5.74) is 24.6. The van der Waals surface area contributed by atoms with E-state index in [1.165, 1.54) is 30.9 Å². The average Bonchev–Trinajstić information content (AvgIpc) is 1.60. The smallest absolute Gasteiger partial charge is 0.227 e. The monoisotopic (exact) mass is 1410 g/mol. The highest BCUT2D eigenvalue weighted by atomic mass is 32.1. The van der Waals surface area contributed by atoms with E-state index < -0.39 is 0 Å². The number of furan rings is 2. The topological polar surface area (TPSA) is 94.7 Å². The molecule has 0 fully saturated rings. The van der Waals surface area contributed by atoms with Gasteiger partial charge in [0.05, 0.1) is 33.4 Å². The Bertz CT molecular complexity index is 7600. The summed E-state index contributed by atoms with van der Waals surface area (Å²) in [4.78, 5) is 14.8. The molecule has 109 heavy (non-hydrogen) atoms. The van der Waals surface area contributed by atoms with E-state index >= 15 is 0 Å². The summed E-state index contributed by atoms with van der Waals surface area (Å²) >= 11 is 1.81. The molecule has 0 bridgehead atoms. The van der Waals surface area contributed by atoms with Gasteiger partial charge in [-0.1, -0.05) is 194 Å². The number of anilines is 6. The maximum atomic E-state index is 7.04. The van der Waals surface area contributed by atoms with Crippen LogP contribution in [0.1, 0.15) is 0 Å². The molecule has 10 nitrogen and oxygen atoms in total. The fraction of sp³-hybridized carbons (Fsp3) is 0. The second-order valence-corrected chi connectivity index (χ2v) is 29.0. The number of thiophene rings is 1. The van der Waals surface area contributed by atoms with Crippen molar-refractivity contribution in [1.82, 2.24) is 19.1 Å².